The van der Waals surface area contributed by atoms with E-state index in [4.69, 9.17) is 4.74 Å². The van der Waals surface area contributed by atoms with Gasteiger partial charge in [0.1, 0.15) is 0 Å². The summed E-state index contributed by atoms with van der Waals surface area (Å²) in [5.74, 6) is -0.293. The Kier molecular flexibility index (Phi) is 5.26. The smallest absolute Gasteiger partial charge is 0.309 e. The largest absolute Gasteiger partial charge is 0.466 e. The molecule has 0 aliphatic carbocycles. The van der Waals surface area contributed by atoms with Crippen molar-refractivity contribution in [1.82, 2.24) is 4.98 Å². The monoisotopic (exact) mass is 219 g/mol. The molecule has 0 amide bonds. The summed E-state index contributed by atoms with van der Waals surface area (Å²) in [4.78, 5) is 15.6. The molecule has 16 heavy (non-hydrogen) atoms. The first-order chi connectivity index (χ1) is 7.77. The second-order valence-electron chi connectivity index (χ2n) is 3.53. The highest BCUT2D eigenvalue weighted by atomic mass is 16.5. The molecular formula is C13H17NO2. The highest BCUT2D eigenvalue weighted by Gasteiger charge is 2.18. The first-order valence-electron chi connectivity index (χ1n) is 5.44. The molecule has 1 aromatic rings. The van der Waals surface area contributed by atoms with Gasteiger partial charge in [-0.05, 0) is 37.5 Å². The second kappa shape index (κ2) is 6.77. The van der Waals surface area contributed by atoms with Crippen molar-refractivity contribution in [2.75, 3.05) is 6.61 Å². The van der Waals surface area contributed by atoms with Crippen molar-refractivity contribution in [2.24, 2.45) is 5.92 Å². The van der Waals surface area contributed by atoms with Crippen molar-refractivity contribution in [2.45, 2.75) is 19.8 Å². The minimum atomic E-state index is -0.154. The fraction of sp³-hybridized carbons (Fsp3) is 0.385. The third-order valence-electron chi connectivity index (χ3n) is 2.30. The number of carbonyl (C=O) groups is 1. The van der Waals surface area contributed by atoms with Crippen LogP contribution in [0.4, 0.5) is 0 Å². The molecule has 0 saturated heterocycles. The molecule has 0 spiro atoms. The van der Waals surface area contributed by atoms with Crippen LogP contribution in [0.5, 0.6) is 0 Å². The Hall–Kier alpha value is -1.64. The molecule has 86 valence electrons. The lowest BCUT2D eigenvalue weighted by molar-refractivity contribution is -0.147. The van der Waals surface area contributed by atoms with Crippen LogP contribution in [0.3, 0.4) is 0 Å². The summed E-state index contributed by atoms with van der Waals surface area (Å²) in [6.45, 7) is 5.90. The highest BCUT2D eigenvalue weighted by molar-refractivity contribution is 5.73. The average molecular weight is 219 g/mol. The zero-order valence-electron chi connectivity index (χ0n) is 9.56. The Labute approximate surface area is 96.2 Å². The van der Waals surface area contributed by atoms with Gasteiger partial charge in [-0.3, -0.25) is 9.78 Å². The van der Waals surface area contributed by atoms with Gasteiger partial charge in [0, 0.05) is 12.4 Å². The van der Waals surface area contributed by atoms with Crippen molar-refractivity contribution in [3.05, 3.63) is 42.7 Å². The summed E-state index contributed by atoms with van der Waals surface area (Å²) in [6.07, 6.45) is 6.52. The molecule has 0 aromatic carbocycles. The highest BCUT2D eigenvalue weighted by Crippen LogP contribution is 2.14. The Morgan fingerprint density at radius 1 is 1.56 bits per heavy atom. The van der Waals surface area contributed by atoms with E-state index in [1.54, 1.807) is 18.5 Å². The predicted molar refractivity (Wildman–Crippen MR) is 62.9 cm³/mol. The Morgan fingerprint density at radius 3 is 2.81 bits per heavy atom. The lowest BCUT2D eigenvalue weighted by Crippen LogP contribution is -2.19. The first kappa shape index (κ1) is 12.4. The fourth-order valence-corrected chi connectivity index (χ4v) is 1.53. The van der Waals surface area contributed by atoms with E-state index in [1.165, 1.54) is 0 Å². The number of hydrogen-bond donors (Lipinski definition) is 0. The molecule has 0 aliphatic rings. The van der Waals surface area contributed by atoms with Crippen LogP contribution in [0, 0.1) is 5.92 Å². The van der Waals surface area contributed by atoms with Crippen LogP contribution in [0.2, 0.25) is 0 Å². The van der Waals surface area contributed by atoms with Gasteiger partial charge >= 0.3 is 5.97 Å². The summed E-state index contributed by atoms with van der Waals surface area (Å²) >= 11 is 0. The van der Waals surface area contributed by atoms with E-state index in [0.717, 1.165) is 5.56 Å². The molecule has 0 aliphatic heterocycles. The van der Waals surface area contributed by atoms with Gasteiger partial charge in [0.05, 0.1) is 12.5 Å². The van der Waals surface area contributed by atoms with Crippen LogP contribution in [0.25, 0.3) is 0 Å². The molecular weight excluding hydrogens is 202 g/mol. The zero-order chi connectivity index (χ0) is 11.8. The number of nitrogens with zero attached hydrogens (tertiary/aromatic N) is 1. The van der Waals surface area contributed by atoms with Crippen molar-refractivity contribution in [3.63, 3.8) is 0 Å². The van der Waals surface area contributed by atoms with Crippen LogP contribution in [0.15, 0.2) is 37.2 Å². The molecule has 0 N–H and O–H groups in total. The lowest BCUT2D eigenvalue weighted by atomic mass is 9.97. The van der Waals surface area contributed by atoms with Gasteiger partial charge in [-0.1, -0.05) is 6.08 Å². The van der Waals surface area contributed by atoms with E-state index in [1.807, 2.05) is 19.1 Å². The van der Waals surface area contributed by atoms with Crippen LogP contribution in [-0.2, 0) is 16.0 Å². The van der Waals surface area contributed by atoms with Crippen molar-refractivity contribution >= 4 is 5.97 Å². The van der Waals surface area contributed by atoms with E-state index in [-0.39, 0.29) is 11.9 Å². The standard InChI is InChI=1S/C13H17NO2/c1-3-5-12(13(15)16-4-2)10-11-6-8-14-9-7-11/h3,6-9,12H,1,4-5,10H2,2H3/t12-/m0/s1. The van der Waals surface area contributed by atoms with Gasteiger partial charge < -0.3 is 4.74 Å². The summed E-state index contributed by atoms with van der Waals surface area (Å²) in [5, 5.41) is 0. The molecule has 1 rings (SSSR count). The quantitative estimate of drug-likeness (QED) is 0.544. The Balaban J connectivity index is 2.64. The molecule has 0 radical (unpaired) electrons. The van der Waals surface area contributed by atoms with Crippen LogP contribution in [0.1, 0.15) is 18.9 Å². The normalized spacial score (nSPS) is 11.8. The number of allylic oxidation sites excluding steroid dienone is 1. The second-order valence-corrected chi connectivity index (χ2v) is 3.53. The molecule has 0 bridgehead atoms. The molecule has 1 aromatic heterocycles. The maximum absolute atomic E-state index is 11.7. The van der Waals surface area contributed by atoms with Gasteiger partial charge in [0.15, 0.2) is 0 Å². The van der Waals surface area contributed by atoms with Crippen molar-refractivity contribution in [1.29, 1.82) is 0 Å². The Morgan fingerprint density at radius 2 is 2.25 bits per heavy atom. The molecule has 3 nitrogen and oxygen atoms in total. The zero-order valence-corrected chi connectivity index (χ0v) is 9.56. The van der Waals surface area contributed by atoms with Crippen molar-refractivity contribution in [3.8, 4) is 0 Å². The molecule has 1 heterocycles. The van der Waals surface area contributed by atoms with Gasteiger partial charge in [-0.15, -0.1) is 6.58 Å². The Bertz CT molecular complexity index is 335. The summed E-state index contributed by atoms with van der Waals surface area (Å²) in [7, 11) is 0. The van der Waals surface area contributed by atoms with Gasteiger partial charge in [-0.2, -0.15) is 0 Å². The van der Waals surface area contributed by atoms with Crippen molar-refractivity contribution < 1.29 is 9.53 Å². The topological polar surface area (TPSA) is 39.2 Å². The first-order valence-corrected chi connectivity index (χ1v) is 5.44. The van der Waals surface area contributed by atoms with Gasteiger partial charge in [0.2, 0.25) is 0 Å². The molecule has 1 atom stereocenters. The predicted octanol–water partition coefficient (Wildman–Crippen LogP) is 2.38. The minimum Gasteiger partial charge on any atom is -0.466 e. The number of rotatable bonds is 6. The maximum atomic E-state index is 11.7. The summed E-state index contributed by atoms with van der Waals surface area (Å²) in [6, 6.07) is 3.82. The summed E-state index contributed by atoms with van der Waals surface area (Å²) < 4.78 is 5.03. The van der Waals surface area contributed by atoms with E-state index < -0.39 is 0 Å². The number of aromatic nitrogens is 1. The van der Waals surface area contributed by atoms with Crippen LogP contribution >= 0.6 is 0 Å². The number of ether oxygens (including phenoxy) is 1. The minimum absolute atomic E-state index is 0.139. The molecule has 3 heteroatoms. The SMILES string of the molecule is C=CC[C@@H](Cc1ccncc1)C(=O)OCC. The van der Waals surface area contributed by atoms with E-state index in [2.05, 4.69) is 11.6 Å². The molecule has 0 fully saturated rings. The van der Waals surface area contributed by atoms with Crippen LogP contribution < -0.4 is 0 Å². The maximum Gasteiger partial charge on any atom is 0.309 e. The third-order valence-corrected chi connectivity index (χ3v) is 2.30. The van der Waals surface area contributed by atoms with E-state index in [0.29, 0.717) is 19.4 Å². The fourth-order valence-electron chi connectivity index (χ4n) is 1.53. The number of carbonyl (C=O) groups excluding carboxylic acids is 1. The van der Waals surface area contributed by atoms with Gasteiger partial charge in [0.25, 0.3) is 0 Å². The number of pyridine rings is 1. The average Bonchev–Trinajstić information content (AvgIpc) is 2.30. The van der Waals surface area contributed by atoms with E-state index in [9.17, 15) is 4.79 Å². The molecule has 0 unspecified atom stereocenters. The van der Waals surface area contributed by atoms with Crippen LogP contribution in [-0.4, -0.2) is 17.6 Å². The van der Waals surface area contributed by atoms with Gasteiger partial charge in [-0.25, -0.2) is 0 Å². The molecule has 0 saturated carbocycles. The van der Waals surface area contributed by atoms with E-state index >= 15 is 0 Å². The number of esters is 1. The third kappa shape index (κ3) is 3.85. The summed E-state index contributed by atoms with van der Waals surface area (Å²) in [5.41, 5.74) is 1.09. The number of hydrogen-bond acceptors (Lipinski definition) is 3. The lowest BCUT2D eigenvalue weighted by Gasteiger charge is -2.13.